The number of piperidine rings is 1. The fourth-order valence-corrected chi connectivity index (χ4v) is 5.02. The SMILES string of the molecule is N#Cc1cc2c(nc1N1CCCCC1)sc1c(N3CCNCC3)nnnc12. The van der Waals surface area contributed by atoms with Gasteiger partial charge in [-0.1, -0.05) is 0 Å². The van der Waals surface area contributed by atoms with E-state index in [2.05, 4.69) is 36.6 Å². The lowest BCUT2D eigenvalue weighted by Crippen LogP contribution is -2.44. The molecule has 0 bridgehead atoms. The van der Waals surface area contributed by atoms with E-state index in [1.165, 1.54) is 6.42 Å². The van der Waals surface area contributed by atoms with Crippen molar-refractivity contribution in [1.29, 1.82) is 5.26 Å². The Morgan fingerprint density at radius 2 is 1.78 bits per heavy atom. The highest BCUT2D eigenvalue weighted by molar-refractivity contribution is 7.26. The first-order valence-electron chi connectivity index (χ1n) is 9.42. The van der Waals surface area contributed by atoms with Crippen molar-refractivity contribution in [1.82, 2.24) is 25.7 Å². The van der Waals surface area contributed by atoms with Crippen molar-refractivity contribution < 1.29 is 0 Å². The highest BCUT2D eigenvalue weighted by atomic mass is 32.1. The Kier molecular flexibility index (Phi) is 4.22. The number of aromatic nitrogens is 4. The van der Waals surface area contributed by atoms with Crippen molar-refractivity contribution in [2.45, 2.75) is 19.3 Å². The average Bonchev–Trinajstić information content (AvgIpc) is 3.11. The molecule has 5 heterocycles. The molecule has 3 aromatic rings. The maximum atomic E-state index is 9.70. The quantitative estimate of drug-likeness (QED) is 0.720. The number of rotatable bonds is 2. The van der Waals surface area contributed by atoms with Crippen LogP contribution in [0.3, 0.4) is 0 Å². The van der Waals surface area contributed by atoms with Gasteiger partial charge in [-0.25, -0.2) is 4.98 Å². The molecular weight excluding hydrogens is 360 g/mol. The molecule has 3 aromatic heterocycles. The summed E-state index contributed by atoms with van der Waals surface area (Å²) in [6.45, 7) is 5.60. The van der Waals surface area contributed by atoms with Crippen LogP contribution in [-0.2, 0) is 0 Å². The second-order valence-electron chi connectivity index (χ2n) is 7.00. The Bertz CT molecular complexity index is 1030. The van der Waals surface area contributed by atoms with Gasteiger partial charge >= 0.3 is 0 Å². The molecule has 1 N–H and O–H groups in total. The van der Waals surface area contributed by atoms with Crippen LogP contribution in [0.5, 0.6) is 0 Å². The molecule has 5 rings (SSSR count). The molecule has 0 aliphatic carbocycles. The molecule has 2 fully saturated rings. The van der Waals surface area contributed by atoms with E-state index in [0.29, 0.717) is 5.56 Å². The minimum absolute atomic E-state index is 0.617. The summed E-state index contributed by atoms with van der Waals surface area (Å²) in [5.74, 6) is 1.68. The van der Waals surface area contributed by atoms with Crippen LogP contribution in [0.2, 0.25) is 0 Å². The van der Waals surface area contributed by atoms with E-state index < -0.39 is 0 Å². The Labute approximate surface area is 160 Å². The molecule has 0 saturated carbocycles. The van der Waals surface area contributed by atoms with Gasteiger partial charge in [0.1, 0.15) is 26.9 Å². The third kappa shape index (κ3) is 2.85. The Balaban J connectivity index is 1.67. The van der Waals surface area contributed by atoms with E-state index in [1.807, 2.05) is 6.07 Å². The van der Waals surface area contributed by atoms with Crippen LogP contribution in [0.25, 0.3) is 20.4 Å². The molecule has 2 saturated heterocycles. The van der Waals surface area contributed by atoms with Crippen molar-refractivity contribution in [3.8, 4) is 6.07 Å². The minimum atomic E-state index is 0.617. The van der Waals surface area contributed by atoms with Crippen LogP contribution < -0.4 is 15.1 Å². The summed E-state index contributed by atoms with van der Waals surface area (Å²) in [7, 11) is 0. The second-order valence-corrected chi connectivity index (χ2v) is 8.00. The Morgan fingerprint density at radius 1 is 1.00 bits per heavy atom. The van der Waals surface area contributed by atoms with Gasteiger partial charge in [0, 0.05) is 44.7 Å². The summed E-state index contributed by atoms with van der Waals surface area (Å²) in [5, 5.41) is 26.6. The summed E-state index contributed by atoms with van der Waals surface area (Å²) in [6, 6.07) is 4.27. The largest absolute Gasteiger partial charge is 0.355 e. The number of nitriles is 1. The van der Waals surface area contributed by atoms with E-state index in [-0.39, 0.29) is 0 Å². The summed E-state index contributed by atoms with van der Waals surface area (Å²) < 4.78 is 1.01. The van der Waals surface area contributed by atoms with Crippen molar-refractivity contribution in [3.63, 3.8) is 0 Å². The third-order valence-electron chi connectivity index (χ3n) is 5.32. The first kappa shape index (κ1) is 16.6. The predicted octanol–water partition coefficient (Wildman–Crippen LogP) is 1.91. The number of hydrogen-bond acceptors (Lipinski definition) is 9. The highest BCUT2D eigenvalue weighted by Gasteiger charge is 2.23. The van der Waals surface area contributed by atoms with Crippen LogP contribution in [0.4, 0.5) is 11.6 Å². The highest BCUT2D eigenvalue weighted by Crippen LogP contribution is 2.38. The lowest BCUT2D eigenvalue weighted by atomic mass is 10.1. The third-order valence-corrected chi connectivity index (χ3v) is 6.40. The van der Waals surface area contributed by atoms with Gasteiger partial charge in [-0.2, -0.15) is 5.26 Å². The fourth-order valence-electron chi connectivity index (χ4n) is 3.92. The number of anilines is 2. The number of thiophene rings is 1. The number of pyridine rings is 1. The normalized spacial score (nSPS) is 18.2. The van der Waals surface area contributed by atoms with Crippen molar-refractivity contribution in [2.24, 2.45) is 0 Å². The number of fused-ring (bicyclic) bond motifs is 3. The zero-order chi connectivity index (χ0) is 18.2. The molecule has 0 amide bonds. The Morgan fingerprint density at radius 3 is 2.56 bits per heavy atom. The van der Waals surface area contributed by atoms with Crippen LogP contribution in [0, 0.1) is 11.3 Å². The standard InChI is InChI=1S/C18H20N8S/c19-11-12-10-13-14-15(17(23-24-22-14)26-8-4-20-5-9-26)27-18(13)21-16(12)25-6-2-1-3-7-25/h10,20H,1-9H2. The van der Waals surface area contributed by atoms with Crippen molar-refractivity contribution >= 4 is 43.4 Å². The van der Waals surface area contributed by atoms with Gasteiger partial charge in [0.2, 0.25) is 0 Å². The molecule has 0 aromatic carbocycles. The summed E-state index contributed by atoms with van der Waals surface area (Å²) in [6.07, 6.45) is 3.55. The molecule has 0 atom stereocenters. The van der Waals surface area contributed by atoms with Crippen LogP contribution >= 0.6 is 11.3 Å². The van der Waals surface area contributed by atoms with Gasteiger partial charge in [-0.3, -0.25) is 0 Å². The molecule has 0 radical (unpaired) electrons. The molecule has 2 aliphatic rings. The number of nitrogens with zero attached hydrogens (tertiary/aromatic N) is 7. The lowest BCUT2D eigenvalue weighted by Gasteiger charge is -2.28. The zero-order valence-electron chi connectivity index (χ0n) is 15.0. The molecule has 0 spiro atoms. The van der Waals surface area contributed by atoms with Gasteiger partial charge in [0.05, 0.1) is 5.56 Å². The van der Waals surface area contributed by atoms with E-state index in [4.69, 9.17) is 4.98 Å². The number of nitrogens with one attached hydrogen (secondary N) is 1. The fraction of sp³-hybridized carbons (Fsp3) is 0.500. The van der Waals surface area contributed by atoms with E-state index in [0.717, 1.165) is 84.2 Å². The predicted molar refractivity (Wildman–Crippen MR) is 106 cm³/mol. The first-order chi connectivity index (χ1) is 13.3. The van der Waals surface area contributed by atoms with Crippen LogP contribution in [-0.4, -0.2) is 59.7 Å². The zero-order valence-corrected chi connectivity index (χ0v) is 15.8. The van der Waals surface area contributed by atoms with Gasteiger partial charge in [0.25, 0.3) is 0 Å². The van der Waals surface area contributed by atoms with Crippen LogP contribution in [0.15, 0.2) is 6.07 Å². The van der Waals surface area contributed by atoms with Crippen molar-refractivity contribution in [2.75, 3.05) is 49.1 Å². The molecule has 8 nitrogen and oxygen atoms in total. The molecule has 0 unspecified atom stereocenters. The Hall–Kier alpha value is -2.57. The maximum absolute atomic E-state index is 9.70. The molecular formula is C18H20N8S. The van der Waals surface area contributed by atoms with E-state index in [1.54, 1.807) is 11.3 Å². The van der Waals surface area contributed by atoms with Crippen molar-refractivity contribution in [3.05, 3.63) is 11.6 Å². The lowest BCUT2D eigenvalue weighted by molar-refractivity contribution is 0.574. The first-order valence-corrected chi connectivity index (χ1v) is 10.2. The second kappa shape index (κ2) is 6.87. The summed E-state index contributed by atoms with van der Waals surface area (Å²) in [4.78, 5) is 10.3. The molecule has 27 heavy (non-hydrogen) atoms. The van der Waals surface area contributed by atoms with E-state index >= 15 is 0 Å². The van der Waals surface area contributed by atoms with Crippen LogP contribution in [0.1, 0.15) is 24.8 Å². The maximum Gasteiger partial charge on any atom is 0.172 e. The smallest absolute Gasteiger partial charge is 0.172 e. The summed E-state index contributed by atoms with van der Waals surface area (Å²) >= 11 is 1.61. The molecule has 138 valence electrons. The van der Waals surface area contributed by atoms with Gasteiger partial charge < -0.3 is 15.1 Å². The van der Waals surface area contributed by atoms with Gasteiger partial charge in [-0.15, -0.1) is 21.5 Å². The minimum Gasteiger partial charge on any atom is -0.355 e. The number of piperazine rings is 1. The molecule has 9 heteroatoms. The number of hydrogen-bond donors (Lipinski definition) is 1. The average molecular weight is 380 g/mol. The van der Waals surface area contributed by atoms with E-state index in [9.17, 15) is 5.26 Å². The van der Waals surface area contributed by atoms with Gasteiger partial charge in [0.15, 0.2) is 5.82 Å². The monoisotopic (exact) mass is 380 g/mol. The molecule has 2 aliphatic heterocycles. The van der Waals surface area contributed by atoms with Gasteiger partial charge in [-0.05, 0) is 30.5 Å². The summed E-state index contributed by atoms with van der Waals surface area (Å²) in [5.41, 5.74) is 1.42. The topological polar surface area (TPSA) is 93.9 Å².